The van der Waals surface area contributed by atoms with Gasteiger partial charge in [-0.25, -0.2) is 0 Å². The van der Waals surface area contributed by atoms with Crippen LogP contribution in [-0.4, -0.2) is 25.3 Å². The Hall–Kier alpha value is -1.55. The van der Waals surface area contributed by atoms with E-state index in [9.17, 15) is 0 Å². The van der Waals surface area contributed by atoms with Gasteiger partial charge >= 0.3 is 0 Å². The molecule has 0 saturated carbocycles. The maximum Gasteiger partial charge on any atom is 0.188 e. The summed E-state index contributed by atoms with van der Waals surface area (Å²) in [6.45, 7) is 2.17. The number of benzene rings is 1. The second-order valence-corrected chi connectivity index (χ2v) is 3.18. The summed E-state index contributed by atoms with van der Waals surface area (Å²) in [6.07, 6.45) is 1.47. The lowest BCUT2D eigenvalue weighted by atomic mass is 10.0. The van der Waals surface area contributed by atoms with Crippen LogP contribution in [0.15, 0.2) is 29.4 Å². The highest BCUT2D eigenvalue weighted by atomic mass is 16.7. The molecular weight excluding hydrogens is 194 g/mol. The molecule has 82 valence electrons. The Balaban J connectivity index is 2.73. The number of methoxy groups -OCH3 is 1. The van der Waals surface area contributed by atoms with Crippen LogP contribution in [-0.2, 0) is 4.74 Å². The molecule has 15 heavy (non-hydrogen) atoms. The molecule has 0 amide bonds. The molecule has 1 aromatic carbocycles. The second kappa shape index (κ2) is 6.03. The lowest BCUT2D eigenvalue weighted by Crippen LogP contribution is -2.00. The molecule has 0 heterocycles. The highest BCUT2D eigenvalue weighted by molar-refractivity contribution is 5.66. The molecule has 0 aliphatic carbocycles. The second-order valence-electron chi connectivity index (χ2n) is 3.18. The Morgan fingerprint density at radius 2 is 2.33 bits per heavy atom. The van der Waals surface area contributed by atoms with E-state index in [0.717, 1.165) is 11.3 Å². The molecule has 0 aliphatic rings. The highest BCUT2D eigenvalue weighted by Gasteiger charge is 2.03. The van der Waals surface area contributed by atoms with Crippen molar-refractivity contribution in [2.45, 2.75) is 12.8 Å². The Morgan fingerprint density at radius 3 is 3.00 bits per heavy atom. The normalized spacial score (nSPS) is 12.9. The van der Waals surface area contributed by atoms with Gasteiger partial charge in [-0.2, -0.15) is 0 Å². The van der Waals surface area contributed by atoms with E-state index < -0.39 is 0 Å². The number of oxime groups is 1. The molecule has 0 radical (unpaired) electrons. The first-order valence-electron chi connectivity index (χ1n) is 4.67. The van der Waals surface area contributed by atoms with Crippen molar-refractivity contribution < 1.29 is 14.7 Å². The van der Waals surface area contributed by atoms with Crippen LogP contribution in [0.2, 0.25) is 0 Å². The van der Waals surface area contributed by atoms with Gasteiger partial charge in [-0.1, -0.05) is 19.1 Å². The van der Waals surface area contributed by atoms with Crippen molar-refractivity contribution in [1.29, 1.82) is 0 Å². The molecule has 1 rings (SSSR count). The molecule has 4 heteroatoms. The van der Waals surface area contributed by atoms with E-state index in [1.165, 1.54) is 6.21 Å². The molecule has 4 nitrogen and oxygen atoms in total. The van der Waals surface area contributed by atoms with E-state index in [0.29, 0.717) is 0 Å². The Kier molecular flexibility index (Phi) is 4.63. The van der Waals surface area contributed by atoms with Crippen molar-refractivity contribution >= 4 is 6.21 Å². The SMILES string of the molecule is COCOc1cccc(C(C)C=NO)c1. The standard InChI is InChI=1S/C11H15NO3/c1-9(7-12-13)10-4-3-5-11(6-10)15-8-14-2/h3-7,9,13H,8H2,1-2H3. The fraction of sp³-hybridized carbons (Fsp3) is 0.364. The van der Waals surface area contributed by atoms with Gasteiger partial charge in [-0.05, 0) is 17.7 Å². The van der Waals surface area contributed by atoms with Crippen molar-refractivity contribution in [3.63, 3.8) is 0 Å². The van der Waals surface area contributed by atoms with Crippen LogP contribution in [0.1, 0.15) is 18.4 Å². The molecule has 0 bridgehead atoms. The fourth-order valence-corrected chi connectivity index (χ4v) is 1.20. The predicted molar refractivity (Wildman–Crippen MR) is 57.6 cm³/mol. The average Bonchev–Trinajstić information content (AvgIpc) is 2.27. The molecule has 0 fully saturated rings. The fourth-order valence-electron chi connectivity index (χ4n) is 1.20. The van der Waals surface area contributed by atoms with Gasteiger partial charge in [0.2, 0.25) is 0 Å². The van der Waals surface area contributed by atoms with Gasteiger partial charge in [0.25, 0.3) is 0 Å². The van der Waals surface area contributed by atoms with E-state index in [1.54, 1.807) is 7.11 Å². The third-order valence-electron chi connectivity index (χ3n) is 2.02. The molecule has 0 aliphatic heterocycles. The van der Waals surface area contributed by atoms with E-state index in [2.05, 4.69) is 5.16 Å². The lowest BCUT2D eigenvalue weighted by molar-refractivity contribution is 0.0511. The zero-order valence-corrected chi connectivity index (χ0v) is 8.88. The Labute approximate surface area is 89.1 Å². The van der Waals surface area contributed by atoms with E-state index >= 15 is 0 Å². The van der Waals surface area contributed by atoms with Gasteiger partial charge in [-0.3, -0.25) is 0 Å². The van der Waals surface area contributed by atoms with Crippen LogP contribution < -0.4 is 4.74 Å². The summed E-state index contributed by atoms with van der Waals surface area (Å²) in [7, 11) is 1.57. The maximum absolute atomic E-state index is 8.43. The van der Waals surface area contributed by atoms with Crippen LogP contribution in [0.4, 0.5) is 0 Å². The zero-order chi connectivity index (χ0) is 11.1. The number of hydrogen-bond donors (Lipinski definition) is 1. The van der Waals surface area contributed by atoms with Crippen molar-refractivity contribution in [3.05, 3.63) is 29.8 Å². The van der Waals surface area contributed by atoms with Gasteiger partial charge in [0.15, 0.2) is 6.79 Å². The molecule has 1 atom stereocenters. The molecular formula is C11H15NO3. The topological polar surface area (TPSA) is 51.0 Å². The number of ether oxygens (including phenoxy) is 2. The Morgan fingerprint density at radius 1 is 1.53 bits per heavy atom. The largest absolute Gasteiger partial charge is 0.468 e. The summed E-state index contributed by atoms with van der Waals surface area (Å²) < 4.78 is 10.1. The number of nitrogens with zero attached hydrogens (tertiary/aromatic N) is 1. The van der Waals surface area contributed by atoms with Crippen LogP contribution in [0.5, 0.6) is 5.75 Å². The summed E-state index contributed by atoms with van der Waals surface area (Å²) in [5.41, 5.74) is 1.03. The predicted octanol–water partition coefficient (Wildman–Crippen LogP) is 2.23. The first-order valence-corrected chi connectivity index (χ1v) is 4.67. The van der Waals surface area contributed by atoms with Gasteiger partial charge in [-0.15, -0.1) is 5.16 Å². The molecule has 1 aromatic rings. The average molecular weight is 209 g/mol. The minimum absolute atomic E-state index is 0.0566. The van der Waals surface area contributed by atoms with Crippen molar-refractivity contribution in [2.75, 3.05) is 13.9 Å². The zero-order valence-electron chi connectivity index (χ0n) is 8.88. The minimum Gasteiger partial charge on any atom is -0.468 e. The number of hydrogen-bond acceptors (Lipinski definition) is 4. The van der Waals surface area contributed by atoms with Crippen LogP contribution >= 0.6 is 0 Å². The quantitative estimate of drug-likeness (QED) is 0.350. The summed E-state index contributed by atoms with van der Waals surface area (Å²) in [4.78, 5) is 0. The summed E-state index contributed by atoms with van der Waals surface area (Å²) in [6, 6.07) is 7.59. The van der Waals surface area contributed by atoms with E-state index in [1.807, 2.05) is 31.2 Å². The molecule has 1 unspecified atom stereocenters. The third-order valence-corrected chi connectivity index (χ3v) is 2.02. The summed E-state index contributed by atoms with van der Waals surface area (Å²) in [5.74, 6) is 0.800. The summed E-state index contributed by atoms with van der Waals surface area (Å²) in [5, 5.41) is 11.4. The lowest BCUT2D eigenvalue weighted by Gasteiger charge is -2.09. The monoisotopic (exact) mass is 209 g/mol. The molecule has 1 N–H and O–H groups in total. The van der Waals surface area contributed by atoms with Gasteiger partial charge in [0, 0.05) is 13.0 Å². The molecule has 0 spiro atoms. The molecule has 0 saturated heterocycles. The van der Waals surface area contributed by atoms with E-state index in [-0.39, 0.29) is 12.7 Å². The molecule has 0 aromatic heterocycles. The van der Waals surface area contributed by atoms with Gasteiger partial charge in [0.1, 0.15) is 5.75 Å². The van der Waals surface area contributed by atoms with E-state index in [4.69, 9.17) is 14.7 Å². The van der Waals surface area contributed by atoms with Crippen LogP contribution in [0, 0.1) is 0 Å². The van der Waals surface area contributed by atoms with Crippen LogP contribution in [0.25, 0.3) is 0 Å². The van der Waals surface area contributed by atoms with Crippen molar-refractivity contribution in [1.82, 2.24) is 0 Å². The third kappa shape index (κ3) is 3.59. The minimum atomic E-state index is 0.0566. The van der Waals surface area contributed by atoms with Gasteiger partial charge in [0.05, 0.1) is 6.21 Å². The van der Waals surface area contributed by atoms with Crippen molar-refractivity contribution in [2.24, 2.45) is 5.16 Å². The number of rotatable bonds is 5. The van der Waals surface area contributed by atoms with Gasteiger partial charge < -0.3 is 14.7 Å². The first kappa shape index (κ1) is 11.5. The first-order chi connectivity index (χ1) is 7.27. The maximum atomic E-state index is 8.43. The van der Waals surface area contributed by atoms with Crippen molar-refractivity contribution in [3.8, 4) is 5.75 Å². The highest BCUT2D eigenvalue weighted by Crippen LogP contribution is 2.19. The van der Waals surface area contributed by atoms with Crippen LogP contribution in [0.3, 0.4) is 0 Å². The smallest absolute Gasteiger partial charge is 0.188 e. The Bertz CT molecular complexity index is 325. The summed E-state index contributed by atoms with van der Waals surface area (Å²) >= 11 is 0.